The first-order valence-electron chi connectivity index (χ1n) is 3.97. The molecule has 0 fully saturated rings. The lowest BCUT2D eigenvalue weighted by Crippen LogP contribution is -2.29. The molecule has 0 aromatic rings. The number of hydrogen-bond acceptors (Lipinski definition) is 3. The predicted octanol–water partition coefficient (Wildman–Crippen LogP) is 0.881. The van der Waals surface area contributed by atoms with Gasteiger partial charge in [-0.25, -0.2) is 0 Å². The van der Waals surface area contributed by atoms with E-state index in [4.69, 9.17) is 4.84 Å². The molecule has 0 bridgehead atoms. The van der Waals surface area contributed by atoms with Crippen molar-refractivity contribution in [1.29, 1.82) is 0 Å². The van der Waals surface area contributed by atoms with E-state index >= 15 is 0 Å². The SMILES string of the molecule is CC(C)(C)C1CC(NC=O)=NO1. The highest BCUT2D eigenvalue weighted by atomic mass is 16.6. The Hall–Kier alpha value is -1.06. The van der Waals surface area contributed by atoms with Crippen LogP contribution in [-0.4, -0.2) is 18.3 Å². The maximum Gasteiger partial charge on any atom is 0.212 e. The monoisotopic (exact) mass is 170 g/mol. The molecule has 0 radical (unpaired) electrons. The summed E-state index contributed by atoms with van der Waals surface area (Å²) >= 11 is 0. The van der Waals surface area contributed by atoms with E-state index in [0.29, 0.717) is 18.7 Å². The van der Waals surface area contributed by atoms with Gasteiger partial charge in [0, 0.05) is 11.8 Å². The van der Waals surface area contributed by atoms with Crippen LogP contribution < -0.4 is 5.32 Å². The number of rotatable bonds is 1. The van der Waals surface area contributed by atoms with Gasteiger partial charge in [0.1, 0.15) is 6.10 Å². The molecule has 1 N–H and O–H groups in total. The Balaban J connectivity index is 2.46. The summed E-state index contributed by atoms with van der Waals surface area (Å²) in [5.41, 5.74) is 0.0653. The Labute approximate surface area is 72.0 Å². The summed E-state index contributed by atoms with van der Waals surface area (Å²) in [4.78, 5) is 15.2. The Morgan fingerprint density at radius 1 is 1.67 bits per heavy atom. The van der Waals surface area contributed by atoms with Crippen LogP contribution >= 0.6 is 0 Å². The largest absolute Gasteiger partial charge is 0.390 e. The third kappa shape index (κ3) is 1.96. The smallest absolute Gasteiger partial charge is 0.212 e. The predicted molar refractivity (Wildman–Crippen MR) is 45.6 cm³/mol. The van der Waals surface area contributed by atoms with Gasteiger partial charge in [-0.3, -0.25) is 4.79 Å². The van der Waals surface area contributed by atoms with Crippen LogP contribution in [0.3, 0.4) is 0 Å². The lowest BCUT2D eigenvalue weighted by Gasteiger charge is -2.23. The average Bonchev–Trinajstić information content (AvgIpc) is 2.35. The Bertz CT molecular complexity index is 206. The van der Waals surface area contributed by atoms with Crippen molar-refractivity contribution in [3.63, 3.8) is 0 Å². The standard InChI is InChI=1S/C8H14N2O2/c1-8(2,3)6-4-7(9-5-11)10-12-6/h5-6H,4H2,1-3H3,(H,9,10,11). The molecule has 1 unspecified atom stereocenters. The lowest BCUT2D eigenvalue weighted by molar-refractivity contribution is -0.108. The maximum absolute atomic E-state index is 10.1. The van der Waals surface area contributed by atoms with Crippen molar-refractivity contribution in [2.75, 3.05) is 0 Å². The lowest BCUT2D eigenvalue weighted by atomic mass is 9.87. The van der Waals surface area contributed by atoms with Gasteiger partial charge in [0.2, 0.25) is 6.41 Å². The molecular weight excluding hydrogens is 156 g/mol. The van der Waals surface area contributed by atoms with Crippen molar-refractivity contribution in [3.05, 3.63) is 0 Å². The molecular formula is C8H14N2O2. The average molecular weight is 170 g/mol. The number of nitrogens with one attached hydrogen (secondary N) is 1. The van der Waals surface area contributed by atoms with Crippen molar-refractivity contribution in [1.82, 2.24) is 5.32 Å². The van der Waals surface area contributed by atoms with Crippen LogP contribution in [0.1, 0.15) is 27.2 Å². The van der Waals surface area contributed by atoms with Gasteiger partial charge in [-0.2, -0.15) is 0 Å². The van der Waals surface area contributed by atoms with Crippen LogP contribution in [0.15, 0.2) is 5.16 Å². The van der Waals surface area contributed by atoms with Crippen molar-refractivity contribution in [3.8, 4) is 0 Å². The first-order chi connectivity index (χ1) is 5.54. The number of carbonyl (C=O) groups excluding carboxylic acids is 1. The summed E-state index contributed by atoms with van der Waals surface area (Å²) < 4.78 is 0. The number of oxime groups is 1. The van der Waals surface area contributed by atoms with Crippen LogP contribution in [0, 0.1) is 5.41 Å². The van der Waals surface area contributed by atoms with Gasteiger partial charge in [-0.15, -0.1) is 0 Å². The van der Waals surface area contributed by atoms with E-state index in [2.05, 4.69) is 31.2 Å². The van der Waals surface area contributed by atoms with Crippen LogP contribution in [0.25, 0.3) is 0 Å². The van der Waals surface area contributed by atoms with Crippen LogP contribution in [-0.2, 0) is 9.63 Å². The highest BCUT2D eigenvalue weighted by Crippen LogP contribution is 2.28. The second-order valence-electron chi connectivity index (χ2n) is 3.96. The molecule has 4 nitrogen and oxygen atoms in total. The molecule has 1 atom stereocenters. The quantitative estimate of drug-likeness (QED) is 0.594. The van der Waals surface area contributed by atoms with E-state index in [0.717, 1.165) is 0 Å². The summed E-state index contributed by atoms with van der Waals surface area (Å²) in [5, 5.41) is 6.24. The zero-order valence-electron chi connectivity index (χ0n) is 7.63. The fraction of sp³-hybridized carbons (Fsp3) is 0.750. The molecule has 12 heavy (non-hydrogen) atoms. The first-order valence-corrected chi connectivity index (χ1v) is 3.97. The molecule has 0 spiro atoms. The number of nitrogens with zero attached hydrogens (tertiary/aromatic N) is 1. The molecule has 1 aliphatic heterocycles. The third-order valence-corrected chi connectivity index (χ3v) is 1.86. The summed E-state index contributed by atoms with van der Waals surface area (Å²) in [6, 6.07) is 0. The topological polar surface area (TPSA) is 50.7 Å². The Morgan fingerprint density at radius 3 is 2.75 bits per heavy atom. The summed E-state index contributed by atoms with van der Waals surface area (Å²) in [5.74, 6) is 0.616. The van der Waals surface area contributed by atoms with Crippen LogP contribution in [0.5, 0.6) is 0 Å². The molecule has 1 rings (SSSR count). The van der Waals surface area contributed by atoms with Gasteiger partial charge in [0.05, 0.1) is 0 Å². The van der Waals surface area contributed by atoms with Gasteiger partial charge < -0.3 is 10.2 Å². The second-order valence-corrected chi connectivity index (χ2v) is 3.96. The van der Waals surface area contributed by atoms with E-state index in [9.17, 15) is 4.79 Å². The van der Waals surface area contributed by atoms with Gasteiger partial charge in [-0.1, -0.05) is 25.9 Å². The van der Waals surface area contributed by atoms with Crippen molar-refractivity contribution in [2.24, 2.45) is 10.6 Å². The molecule has 0 aromatic heterocycles. The third-order valence-electron chi connectivity index (χ3n) is 1.86. The highest BCUT2D eigenvalue weighted by Gasteiger charge is 2.32. The van der Waals surface area contributed by atoms with Crippen LogP contribution in [0.4, 0.5) is 0 Å². The van der Waals surface area contributed by atoms with E-state index in [-0.39, 0.29) is 11.5 Å². The minimum Gasteiger partial charge on any atom is -0.390 e. The van der Waals surface area contributed by atoms with Crippen LogP contribution in [0.2, 0.25) is 0 Å². The second kappa shape index (κ2) is 3.13. The molecule has 68 valence electrons. The Morgan fingerprint density at radius 2 is 2.33 bits per heavy atom. The zero-order chi connectivity index (χ0) is 9.19. The van der Waals surface area contributed by atoms with Gasteiger partial charge in [0.25, 0.3) is 0 Å². The van der Waals surface area contributed by atoms with E-state index in [1.807, 2.05) is 0 Å². The number of hydrogen-bond donors (Lipinski definition) is 1. The van der Waals surface area contributed by atoms with E-state index < -0.39 is 0 Å². The highest BCUT2D eigenvalue weighted by molar-refractivity contribution is 5.91. The molecule has 0 saturated carbocycles. The minimum atomic E-state index is 0.0653. The molecule has 1 heterocycles. The van der Waals surface area contributed by atoms with Gasteiger partial charge in [-0.05, 0) is 0 Å². The summed E-state index contributed by atoms with van der Waals surface area (Å²) in [6.45, 7) is 6.24. The zero-order valence-corrected chi connectivity index (χ0v) is 7.63. The fourth-order valence-electron chi connectivity index (χ4n) is 0.995. The molecule has 1 amide bonds. The first kappa shape index (κ1) is 9.03. The Kier molecular flexibility index (Phi) is 2.35. The summed E-state index contributed by atoms with van der Waals surface area (Å²) in [7, 11) is 0. The number of amidine groups is 1. The van der Waals surface area contributed by atoms with Crippen molar-refractivity contribution >= 4 is 12.2 Å². The summed E-state index contributed by atoms with van der Waals surface area (Å²) in [6.07, 6.45) is 1.37. The molecule has 1 aliphatic rings. The molecule has 0 aromatic carbocycles. The van der Waals surface area contributed by atoms with Crippen molar-refractivity contribution in [2.45, 2.75) is 33.3 Å². The van der Waals surface area contributed by atoms with Gasteiger partial charge in [0.15, 0.2) is 5.84 Å². The number of amides is 1. The molecule has 0 saturated heterocycles. The van der Waals surface area contributed by atoms with E-state index in [1.54, 1.807) is 0 Å². The molecule has 4 heteroatoms. The molecule has 0 aliphatic carbocycles. The maximum atomic E-state index is 10.1. The number of carbonyl (C=O) groups is 1. The van der Waals surface area contributed by atoms with Crippen molar-refractivity contribution < 1.29 is 9.63 Å². The van der Waals surface area contributed by atoms with Gasteiger partial charge >= 0.3 is 0 Å². The van der Waals surface area contributed by atoms with E-state index in [1.165, 1.54) is 0 Å². The fourth-order valence-corrected chi connectivity index (χ4v) is 0.995. The normalized spacial score (nSPS) is 22.9. The minimum absolute atomic E-state index is 0.0653.